The molecule has 0 bridgehead atoms. The van der Waals surface area contributed by atoms with Crippen LogP contribution in [0.1, 0.15) is 161 Å². The summed E-state index contributed by atoms with van der Waals surface area (Å²) in [4.78, 5) is 106. The van der Waals surface area contributed by atoms with E-state index >= 15 is 0 Å². The van der Waals surface area contributed by atoms with E-state index in [0.717, 1.165) is 152 Å². The van der Waals surface area contributed by atoms with Gasteiger partial charge in [0, 0.05) is 96.0 Å². The molecule has 6 N–H and O–H groups in total. The summed E-state index contributed by atoms with van der Waals surface area (Å²) < 4.78 is 37.5. The molecule has 6 amide bonds. The number of carbonyl (C=O) groups excluding carboxylic acids is 6. The number of nitrogens with one attached hydrogen (secondary N) is 4. The molecule has 494 valence electrons. The molecule has 0 radical (unpaired) electrons. The van der Waals surface area contributed by atoms with Gasteiger partial charge in [0.2, 0.25) is 11.8 Å². The second-order valence-corrected chi connectivity index (χ2v) is 27.5. The molecule has 11 heterocycles. The number of benzene rings is 2. The highest BCUT2D eigenvalue weighted by molar-refractivity contribution is 6.26. The second kappa shape index (κ2) is 25.6. The maximum atomic E-state index is 14.5. The van der Waals surface area contributed by atoms with E-state index in [1.807, 2.05) is 24.3 Å². The number of ether oxygens (including phenoxy) is 1. The predicted molar refractivity (Wildman–Crippen MR) is 346 cm³/mol. The number of halogens is 2. The molecular weight excluding hydrogens is 1210 g/mol. The average Bonchev–Trinajstić information content (AvgIpc) is 1.34. The molecule has 2 saturated carbocycles. The summed E-state index contributed by atoms with van der Waals surface area (Å²) in [6.07, 6.45) is 15.5. The lowest BCUT2D eigenvalue weighted by atomic mass is 9.57. The fraction of sp³-hybridized carbons (Fsp3) is 0.537. The van der Waals surface area contributed by atoms with Gasteiger partial charge >= 0.3 is 0 Å². The quantitative estimate of drug-likeness (QED) is 0.0511. The van der Waals surface area contributed by atoms with Gasteiger partial charge < -0.3 is 46.0 Å². The van der Waals surface area contributed by atoms with Crippen LogP contribution in [0.3, 0.4) is 0 Å². The Morgan fingerprint density at radius 2 is 1.54 bits per heavy atom. The van der Waals surface area contributed by atoms with Gasteiger partial charge in [0.1, 0.15) is 23.2 Å². The molecule has 9 aliphatic rings. The maximum absolute atomic E-state index is 14.5. The number of imide groups is 2. The van der Waals surface area contributed by atoms with Gasteiger partial charge in [-0.3, -0.25) is 48.6 Å². The first-order chi connectivity index (χ1) is 45.7. The minimum atomic E-state index is -2.88. The number of rotatable bonds is 19. The molecule has 6 aromatic rings. The molecule has 1 unspecified atom stereocenters. The number of aromatic nitrogens is 7. The fourth-order valence-electron chi connectivity index (χ4n) is 16.4. The molecule has 94 heavy (non-hydrogen) atoms. The molecule has 15 rings (SSSR count). The number of fused-ring (bicyclic) bond motifs is 2. The van der Waals surface area contributed by atoms with Gasteiger partial charge in [-0.25, -0.2) is 28.2 Å². The minimum absolute atomic E-state index is 0.0185. The molecule has 27 heteroatoms. The Bertz CT molecular complexity index is 3890. The first-order valence-electron chi connectivity index (χ1n) is 33.7. The zero-order chi connectivity index (χ0) is 64.4. The third-order valence-electron chi connectivity index (χ3n) is 21.4. The van der Waals surface area contributed by atoms with Crippen molar-refractivity contribution in [3.05, 3.63) is 101 Å². The van der Waals surface area contributed by atoms with E-state index in [1.54, 1.807) is 29.3 Å². The van der Waals surface area contributed by atoms with E-state index in [4.69, 9.17) is 20.4 Å². The summed E-state index contributed by atoms with van der Waals surface area (Å²) in [5.74, 6) is -0.192. The number of hydrogen-bond donors (Lipinski definition) is 5. The third-order valence-corrected chi connectivity index (χ3v) is 21.4. The Morgan fingerprint density at radius 1 is 0.787 bits per heavy atom. The van der Waals surface area contributed by atoms with Crippen LogP contribution in [0.5, 0.6) is 0 Å². The Morgan fingerprint density at radius 3 is 2.28 bits per heavy atom. The highest BCUT2D eigenvalue weighted by atomic mass is 19.3. The largest absolute Gasteiger partial charge is 0.383 e. The lowest BCUT2D eigenvalue weighted by molar-refractivity contribution is -0.136. The van der Waals surface area contributed by atoms with Gasteiger partial charge in [0.25, 0.3) is 30.1 Å². The molecule has 4 aromatic heterocycles. The van der Waals surface area contributed by atoms with Crippen molar-refractivity contribution >= 4 is 81.3 Å². The maximum Gasteiger partial charge on any atom is 0.284 e. The van der Waals surface area contributed by atoms with Gasteiger partial charge in [-0.15, -0.1) is 0 Å². The number of amides is 6. The SMILES string of the molecule is NC(=O)c1ncc(N2CCCCC2)nc1Nc1ccc(C2CCN(C3CN(c4ccc5c(c4NCCC4CC6(C4)CN(CC4CCC(n7cc(NC(=O)c8cnn9ccc(N%10CCOCC%10)nc89)c(C(F)F)n7)CC4)C6)C(=O)N(C4CCC(=O)NC4=O)C5=O)C3)CC2)cc1. The highest BCUT2D eigenvalue weighted by Gasteiger charge is 2.52. The predicted octanol–water partition coefficient (Wildman–Crippen LogP) is 6.99. The van der Waals surface area contributed by atoms with Crippen LogP contribution >= 0.6 is 0 Å². The van der Waals surface area contributed by atoms with Gasteiger partial charge in [-0.2, -0.15) is 10.2 Å². The van der Waals surface area contributed by atoms with Gasteiger partial charge in [0.15, 0.2) is 22.9 Å². The van der Waals surface area contributed by atoms with Crippen molar-refractivity contribution in [3.8, 4) is 0 Å². The number of likely N-dealkylation sites (tertiary alicyclic amines) is 2. The smallest absolute Gasteiger partial charge is 0.284 e. The summed E-state index contributed by atoms with van der Waals surface area (Å²) in [5, 5.41) is 20.6. The number of anilines is 7. The molecular formula is C67H80F2N18O7. The van der Waals surface area contributed by atoms with E-state index in [1.165, 1.54) is 22.7 Å². The zero-order valence-corrected chi connectivity index (χ0v) is 52.7. The van der Waals surface area contributed by atoms with Crippen molar-refractivity contribution in [2.24, 2.45) is 23.0 Å². The number of nitrogens with zero attached hydrogens (tertiary/aromatic N) is 13. The first-order valence-corrected chi connectivity index (χ1v) is 33.7. The summed E-state index contributed by atoms with van der Waals surface area (Å²) in [6.45, 7) is 11.3. The molecule has 1 spiro atoms. The molecule has 6 saturated heterocycles. The van der Waals surface area contributed by atoms with Crippen LogP contribution in [0.25, 0.3) is 5.65 Å². The number of nitrogens with two attached hydrogens (primary N) is 1. The van der Waals surface area contributed by atoms with Crippen LogP contribution in [-0.2, 0) is 14.3 Å². The zero-order valence-electron chi connectivity index (χ0n) is 52.7. The fourth-order valence-corrected chi connectivity index (χ4v) is 16.4. The highest BCUT2D eigenvalue weighted by Crippen LogP contribution is 2.54. The Labute approximate surface area is 542 Å². The number of hydrogen-bond acceptors (Lipinski definition) is 19. The molecule has 8 fully saturated rings. The summed E-state index contributed by atoms with van der Waals surface area (Å²) in [5.41, 5.74) is 10.2. The van der Waals surface area contributed by atoms with E-state index in [0.29, 0.717) is 79.6 Å². The number of primary amides is 1. The third kappa shape index (κ3) is 12.1. The van der Waals surface area contributed by atoms with Crippen LogP contribution in [0.15, 0.2) is 67.3 Å². The van der Waals surface area contributed by atoms with Crippen LogP contribution in [0.4, 0.5) is 49.0 Å². The van der Waals surface area contributed by atoms with E-state index in [2.05, 4.69) is 73.1 Å². The topological polar surface area (TPSA) is 279 Å². The summed E-state index contributed by atoms with van der Waals surface area (Å²) in [6, 6.07) is 13.0. The van der Waals surface area contributed by atoms with E-state index in [9.17, 15) is 37.5 Å². The van der Waals surface area contributed by atoms with Crippen molar-refractivity contribution < 1.29 is 42.3 Å². The van der Waals surface area contributed by atoms with Gasteiger partial charge in [0.05, 0.1) is 59.8 Å². The Kier molecular flexibility index (Phi) is 16.7. The van der Waals surface area contributed by atoms with Crippen molar-refractivity contribution in [2.45, 2.75) is 120 Å². The average molecular weight is 1290 g/mol. The number of piperidine rings is 3. The van der Waals surface area contributed by atoms with Crippen LogP contribution in [0.2, 0.25) is 0 Å². The number of morpholine rings is 1. The van der Waals surface area contributed by atoms with Crippen molar-refractivity contribution in [1.29, 1.82) is 0 Å². The summed E-state index contributed by atoms with van der Waals surface area (Å²) in [7, 11) is 0. The van der Waals surface area contributed by atoms with Crippen molar-refractivity contribution in [2.75, 3.05) is 122 Å². The van der Waals surface area contributed by atoms with Crippen LogP contribution < -0.4 is 41.7 Å². The van der Waals surface area contributed by atoms with E-state index in [-0.39, 0.29) is 52.4 Å². The lowest BCUT2D eigenvalue weighted by Crippen LogP contribution is -2.63. The van der Waals surface area contributed by atoms with E-state index < -0.39 is 53.6 Å². The van der Waals surface area contributed by atoms with Crippen molar-refractivity contribution in [3.63, 3.8) is 0 Å². The standard InChI is InChI=1S/C67H80F2N18O7/c68-59(69)56-49(75-63(90)48-32-73-85-25-19-52(77-62(48)85)83-26-28-94-29-27-83)37-86(79-56)45-10-4-40(5-11-45)34-80-38-67(39-80)30-41(31-67)16-20-71-57-50(13-12-47-55(57)66(93)87(65(47)92)51-14-15-54(88)78-64(51)91)84-35-46(36-84)81-23-17-43(18-24-81)42-6-8-44(9-7-42)74-61-58(60(70)89)72-33-53(76-61)82-21-2-1-3-22-82/h6-9,12-13,19,25,32-33,37,40-41,43,45-46,51,59,71H,1-5,10-11,14-18,20-24,26-31,34-36,38-39H2,(H2,70,89)(H,74,76)(H,75,90)(H,78,88,91). The lowest BCUT2D eigenvalue weighted by Gasteiger charge is -2.60. The molecule has 7 aliphatic heterocycles. The van der Waals surface area contributed by atoms with Gasteiger partial charge in [-0.05, 0) is 156 Å². The summed E-state index contributed by atoms with van der Waals surface area (Å²) >= 11 is 0. The molecule has 25 nitrogen and oxygen atoms in total. The minimum Gasteiger partial charge on any atom is -0.383 e. The second-order valence-electron chi connectivity index (χ2n) is 27.5. The van der Waals surface area contributed by atoms with Crippen LogP contribution in [0, 0.1) is 17.3 Å². The van der Waals surface area contributed by atoms with Crippen molar-refractivity contribution in [1.82, 2.24) is 54.4 Å². The van der Waals surface area contributed by atoms with Gasteiger partial charge in [-0.1, -0.05) is 12.1 Å². The molecule has 2 aliphatic carbocycles. The number of carbonyl (C=O) groups is 6. The molecule has 1 atom stereocenters. The first kappa shape index (κ1) is 61.5. The molecule has 2 aromatic carbocycles. The number of alkyl halides is 2. The Balaban J connectivity index is 0.532. The Hall–Kier alpha value is -8.69. The normalized spacial score (nSPS) is 23.2. The monoisotopic (exact) mass is 1290 g/mol. The van der Waals surface area contributed by atoms with Crippen LogP contribution in [-0.4, -0.2) is 188 Å².